The van der Waals surface area contributed by atoms with E-state index in [1.165, 1.54) is 6.42 Å². The Morgan fingerprint density at radius 1 is 1.29 bits per heavy atom. The van der Waals surface area contributed by atoms with E-state index in [2.05, 4.69) is 5.32 Å². The molecule has 3 heteroatoms. The molecule has 1 aliphatic carbocycles. The monoisotopic (exact) mass is 235 g/mol. The van der Waals surface area contributed by atoms with E-state index in [0.717, 1.165) is 30.8 Å². The number of hydrogen-bond acceptors (Lipinski definition) is 3. The number of hydrogen-bond donors (Lipinski definition) is 2. The van der Waals surface area contributed by atoms with Crippen LogP contribution in [0.5, 0.6) is 5.75 Å². The smallest absolute Gasteiger partial charge is 0.119 e. The lowest BCUT2D eigenvalue weighted by Crippen LogP contribution is -2.39. The standard InChI is InChI=1S/C14H21NO2/c1-2-17-13-6-4-12(5-7-13)15-10-14(11-16)8-3-9-14/h4-7,15-16H,2-3,8-11H2,1H3. The molecule has 3 nitrogen and oxygen atoms in total. The van der Waals surface area contributed by atoms with Crippen LogP contribution in [0.2, 0.25) is 0 Å². The number of aliphatic hydroxyl groups is 1. The molecule has 0 amide bonds. The SMILES string of the molecule is CCOc1ccc(NCC2(CO)CCC2)cc1. The summed E-state index contributed by atoms with van der Waals surface area (Å²) in [4.78, 5) is 0. The average Bonchev–Trinajstić information content (AvgIpc) is 2.31. The molecule has 1 fully saturated rings. The summed E-state index contributed by atoms with van der Waals surface area (Å²) in [6.45, 7) is 3.82. The van der Waals surface area contributed by atoms with Crippen LogP contribution in [-0.4, -0.2) is 24.9 Å². The summed E-state index contributed by atoms with van der Waals surface area (Å²) in [6, 6.07) is 7.99. The summed E-state index contributed by atoms with van der Waals surface area (Å²) < 4.78 is 5.39. The van der Waals surface area contributed by atoms with Gasteiger partial charge in [0.15, 0.2) is 0 Å². The Hall–Kier alpha value is -1.22. The molecule has 2 N–H and O–H groups in total. The van der Waals surface area contributed by atoms with Crippen molar-refractivity contribution in [1.29, 1.82) is 0 Å². The lowest BCUT2D eigenvalue weighted by atomic mass is 9.69. The highest BCUT2D eigenvalue weighted by Gasteiger charge is 2.35. The van der Waals surface area contributed by atoms with Gasteiger partial charge in [0.1, 0.15) is 5.75 Å². The van der Waals surface area contributed by atoms with Gasteiger partial charge in [0, 0.05) is 17.6 Å². The number of ether oxygens (including phenoxy) is 1. The quantitative estimate of drug-likeness (QED) is 0.796. The van der Waals surface area contributed by atoms with Crippen LogP contribution in [0.4, 0.5) is 5.69 Å². The number of benzene rings is 1. The molecule has 0 heterocycles. The van der Waals surface area contributed by atoms with Gasteiger partial charge in [-0.1, -0.05) is 6.42 Å². The molecule has 0 spiro atoms. The van der Waals surface area contributed by atoms with Crippen molar-refractivity contribution in [2.45, 2.75) is 26.2 Å². The van der Waals surface area contributed by atoms with Crippen molar-refractivity contribution in [3.8, 4) is 5.75 Å². The summed E-state index contributed by atoms with van der Waals surface area (Å²) in [5.41, 5.74) is 1.21. The van der Waals surface area contributed by atoms with Crippen LogP contribution < -0.4 is 10.1 Å². The Bertz CT molecular complexity index is 338. The normalized spacial score (nSPS) is 17.3. The van der Waals surface area contributed by atoms with Crippen molar-refractivity contribution in [2.75, 3.05) is 25.1 Å². The molecule has 2 rings (SSSR count). The van der Waals surface area contributed by atoms with Crippen LogP contribution in [0.15, 0.2) is 24.3 Å². The Labute approximate surface area is 103 Å². The molecule has 1 saturated carbocycles. The van der Waals surface area contributed by atoms with Gasteiger partial charge < -0.3 is 15.2 Å². The minimum Gasteiger partial charge on any atom is -0.494 e. The van der Waals surface area contributed by atoms with Gasteiger partial charge in [-0.3, -0.25) is 0 Å². The van der Waals surface area contributed by atoms with Gasteiger partial charge in [-0.2, -0.15) is 0 Å². The number of anilines is 1. The summed E-state index contributed by atoms with van der Waals surface area (Å²) in [5, 5.41) is 12.8. The van der Waals surface area contributed by atoms with E-state index in [0.29, 0.717) is 6.61 Å². The zero-order valence-corrected chi connectivity index (χ0v) is 10.4. The molecule has 1 aromatic rings. The van der Waals surface area contributed by atoms with Crippen molar-refractivity contribution in [3.63, 3.8) is 0 Å². The lowest BCUT2D eigenvalue weighted by Gasteiger charge is -2.40. The zero-order chi connectivity index (χ0) is 12.1. The first-order valence-corrected chi connectivity index (χ1v) is 6.36. The molecular formula is C14H21NO2. The van der Waals surface area contributed by atoms with Crippen LogP contribution in [0.1, 0.15) is 26.2 Å². The van der Waals surface area contributed by atoms with Crippen molar-refractivity contribution < 1.29 is 9.84 Å². The molecule has 1 aliphatic rings. The molecule has 94 valence electrons. The van der Waals surface area contributed by atoms with Gasteiger partial charge in [-0.15, -0.1) is 0 Å². The van der Waals surface area contributed by atoms with Crippen molar-refractivity contribution in [2.24, 2.45) is 5.41 Å². The van der Waals surface area contributed by atoms with Crippen LogP contribution >= 0.6 is 0 Å². The Morgan fingerprint density at radius 2 is 2.00 bits per heavy atom. The summed E-state index contributed by atoms with van der Waals surface area (Å²) in [7, 11) is 0. The number of aliphatic hydroxyl groups excluding tert-OH is 1. The summed E-state index contributed by atoms with van der Waals surface area (Å²) >= 11 is 0. The van der Waals surface area contributed by atoms with Crippen molar-refractivity contribution >= 4 is 5.69 Å². The van der Waals surface area contributed by atoms with E-state index in [-0.39, 0.29) is 12.0 Å². The van der Waals surface area contributed by atoms with Crippen LogP contribution in [0, 0.1) is 5.41 Å². The van der Waals surface area contributed by atoms with Gasteiger partial charge in [0.25, 0.3) is 0 Å². The third-order valence-electron chi connectivity index (χ3n) is 3.58. The van der Waals surface area contributed by atoms with Crippen LogP contribution in [0.25, 0.3) is 0 Å². The second-order valence-electron chi connectivity index (χ2n) is 4.82. The summed E-state index contributed by atoms with van der Waals surface area (Å²) in [6.07, 6.45) is 3.51. The Morgan fingerprint density at radius 3 is 2.47 bits per heavy atom. The lowest BCUT2D eigenvalue weighted by molar-refractivity contribution is 0.0576. The minimum absolute atomic E-state index is 0.124. The maximum Gasteiger partial charge on any atom is 0.119 e. The molecule has 0 atom stereocenters. The fourth-order valence-electron chi connectivity index (χ4n) is 2.19. The minimum atomic E-state index is 0.124. The highest BCUT2D eigenvalue weighted by atomic mass is 16.5. The first-order chi connectivity index (χ1) is 8.28. The van der Waals surface area contributed by atoms with Crippen molar-refractivity contribution in [1.82, 2.24) is 0 Å². The van der Waals surface area contributed by atoms with E-state index in [1.54, 1.807) is 0 Å². The van der Waals surface area contributed by atoms with Crippen LogP contribution in [0.3, 0.4) is 0 Å². The van der Waals surface area contributed by atoms with E-state index in [9.17, 15) is 5.11 Å². The molecule has 1 aromatic carbocycles. The molecule has 17 heavy (non-hydrogen) atoms. The third kappa shape index (κ3) is 2.91. The maximum atomic E-state index is 9.37. The zero-order valence-electron chi connectivity index (χ0n) is 10.4. The fraction of sp³-hybridized carbons (Fsp3) is 0.571. The topological polar surface area (TPSA) is 41.5 Å². The van der Waals surface area contributed by atoms with Gasteiger partial charge in [0.2, 0.25) is 0 Å². The van der Waals surface area contributed by atoms with Gasteiger partial charge in [-0.25, -0.2) is 0 Å². The average molecular weight is 235 g/mol. The molecule has 0 aliphatic heterocycles. The second-order valence-corrected chi connectivity index (χ2v) is 4.82. The Kier molecular flexibility index (Phi) is 3.89. The molecule has 0 radical (unpaired) electrons. The molecule has 0 saturated heterocycles. The number of nitrogens with one attached hydrogen (secondary N) is 1. The van der Waals surface area contributed by atoms with E-state index in [4.69, 9.17) is 4.74 Å². The molecular weight excluding hydrogens is 214 g/mol. The second kappa shape index (κ2) is 5.41. The predicted molar refractivity (Wildman–Crippen MR) is 69.5 cm³/mol. The first-order valence-electron chi connectivity index (χ1n) is 6.36. The summed E-state index contributed by atoms with van der Waals surface area (Å²) in [5.74, 6) is 0.901. The predicted octanol–water partition coefficient (Wildman–Crippen LogP) is 2.66. The fourth-order valence-corrected chi connectivity index (χ4v) is 2.19. The largest absolute Gasteiger partial charge is 0.494 e. The van der Waals surface area contributed by atoms with E-state index < -0.39 is 0 Å². The molecule has 0 bridgehead atoms. The maximum absolute atomic E-state index is 9.37. The first kappa shape index (κ1) is 12.2. The third-order valence-corrected chi connectivity index (χ3v) is 3.58. The van der Waals surface area contributed by atoms with Gasteiger partial charge in [-0.05, 0) is 44.0 Å². The Balaban J connectivity index is 1.86. The van der Waals surface area contributed by atoms with Crippen LogP contribution in [-0.2, 0) is 0 Å². The van der Waals surface area contributed by atoms with Gasteiger partial charge >= 0.3 is 0 Å². The van der Waals surface area contributed by atoms with E-state index >= 15 is 0 Å². The van der Waals surface area contributed by atoms with E-state index in [1.807, 2.05) is 31.2 Å². The highest BCUT2D eigenvalue weighted by molar-refractivity contribution is 5.46. The molecule has 0 unspecified atom stereocenters. The molecule has 0 aromatic heterocycles. The number of rotatable bonds is 6. The highest BCUT2D eigenvalue weighted by Crippen LogP contribution is 2.40. The van der Waals surface area contributed by atoms with Gasteiger partial charge in [0.05, 0.1) is 13.2 Å². The van der Waals surface area contributed by atoms with Crippen molar-refractivity contribution in [3.05, 3.63) is 24.3 Å².